The van der Waals surface area contributed by atoms with Crippen molar-refractivity contribution in [3.8, 4) is 11.7 Å². The van der Waals surface area contributed by atoms with E-state index in [1.165, 1.54) is 12.1 Å². The lowest BCUT2D eigenvalue weighted by atomic mass is 10.3. The van der Waals surface area contributed by atoms with E-state index in [0.717, 1.165) is 18.2 Å². The smallest absolute Gasteiger partial charge is 0.290 e. The first-order valence-electron chi connectivity index (χ1n) is 4.59. The lowest BCUT2D eigenvalue weighted by Crippen LogP contribution is -2.09. The van der Waals surface area contributed by atoms with Crippen molar-refractivity contribution in [3.05, 3.63) is 47.7 Å². The van der Waals surface area contributed by atoms with Crippen molar-refractivity contribution in [2.75, 3.05) is 0 Å². The van der Waals surface area contributed by atoms with E-state index in [-0.39, 0.29) is 17.5 Å². The molecule has 17 heavy (non-hydrogen) atoms. The Bertz CT molecular complexity index is 566. The van der Waals surface area contributed by atoms with Gasteiger partial charge in [-0.2, -0.15) is 0 Å². The molecule has 0 aliphatic carbocycles. The molecular formula is C11H7F2NO3. The van der Waals surface area contributed by atoms with Crippen LogP contribution in [0.2, 0.25) is 0 Å². The molecule has 4 nitrogen and oxygen atoms in total. The normalized spacial score (nSPS) is 10.2. The van der Waals surface area contributed by atoms with Crippen molar-refractivity contribution >= 4 is 5.91 Å². The van der Waals surface area contributed by atoms with E-state index in [2.05, 4.69) is 0 Å². The van der Waals surface area contributed by atoms with Crippen molar-refractivity contribution in [3.63, 3.8) is 0 Å². The van der Waals surface area contributed by atoms with E-state index in [4.69, 9.17) is 14.9 Å². The zero-order valence-corrected chi connectivity index (χ0v) is 8.44. The van der Waals surface area contributed by atoms with Gasteiger partial charge in [0.15, 0.2) is 17.3 Å². The number of amides is 1. The first kappa shape index (κ1) is 11.1. The summed E-state index contributed by atoms with van der Waals surface area (Å²) < 4.78 is 35.8. The van der Waals surface area contributed by atoms with E-state index in [1.54, 1.807) is 0 Å². The second-order valence-electron chi connectivity index (χ2n) is 3.16. The van der Waals surface area contributed by atoms with Gasteiger partial charge in [0.25, 0.3) is 11.9 Å². The van der Waals surface area contributed by atoms with Crippen LogP contribution in [-0.4, -0.2) is 5.91 Å². The molecule has 88 valence electrons. The molecule has 0 atom stereocenters. The average molecular weight is 239 g/mol. The Morgan fingerprint density at radius 3 is 2.65 bits per heavy atom. The maximum atomic E-state index is 13.2. The van der Waals surface area contributed by atoms with Crippen LogP contribution in [0, 0.1) is 11.6 Å². The molecule has 0 unspecified atom stereocenters. The number of carbonyl (C=O) groups excluding carboxylic acids is 1. The fraction of sp³-hybridized carbons (Fsp3) is 0. The second-order valence-corrected chi connectivity index (χ2v) is 3.16. The summed E-state index contributed by atoms with van der Waals surface area (Å²) in [7, 11) is 0. The van der Waals surface area contributed by atoms with E-state index in [0.29, 0.717) is 0 Å². The van der Waals surface area contributed by atoms with E-state index >= 15 is 0 Å². The highest BCUT2D eigenvalue weighted by molar-refractivity contribution is 5.89. The Morgan fingerprint density at radius 2 is 2.00 bits per heavy atom. The number of halogens is 2. The summed E-state index contributed by atoms with van der Waals surface area (Å²) >= 11 is 0. The molecule has 0 saturated heterocycles. The molecule has 2 rings (SSSR count). The maximum Gasteiger partial charge on any atom is 0.290 e. The Morgan fingerprint density at radius 1 is 1.24 bits per heavy atom. The lowest BCUT2D eigenvalue weighted by Gasteiger charge is -2.02. The zero-order valence-electron chi connectivity index (χ0n) is 8.44. The molecular weight excluding hydrogens is 232 g/mol. The third-order valence-electron chi connectivity index (χ3n) is 1.93. The summed E-state index contributed by atoms with van der Waals surface area (Å²) in [5.41, 5.74) is 4.95. The van der Waals surface area contributed by atoms with Crippen LogP contribution < -0.4 is 10.5 Å². The van der Waals surface area contributed by atoms with Gasteiger partial charge in [-0.1, -0.05) is 0 Å². The first-order chi connectivity index (χ1) is 8.06. The Kier molecular flexibility index (Phi) is 2.78. The van der Waals surface area contributed by atoms with Crippen LogP contribution in [0.15, 0.2) is 34.7 Å². The fourth-order valence-electron chi connectivity index (χ4n) is 1.17. The largest absolute Gasteiger partial charge is 0.423 e. The SMILES string of the molecule is NC(=O)c1ccc(Oc2cc(F)ccc2F)o1. The molecule has 6 heteroatoms. The van der Waals surface area contributed by atoms with Gasteiger partial charge < -0.3 is 14.9 Å². The van der Waals surface area contributed by atoms with Crippen LogP contribution in [0.5, 0.6) is 11.7 Å². The van der Waals surface area contributed by atoms with Gasteiger partial charge in [0.05, 0.1) is 0 Å². The highest BCUT2D eigenvalue weighted by atomic mass is 19.1. The third kappa shape index (κ3) is 2.41. The van der Waals surface area contributed by atoms with E-state index in [9.17, 15) is 13.6 Å². The van der Waals surface area contributed by atoms with Crippen LogP contribution in [0.1, 0.15) is 10.6 Å². The van der Waals surface area contributed by atoms with Crippen molar-refractivity contribution in [1.82, 2.24) is 0 Å². The van der Waals surface area contributed by atoms with E-state index in [1.807, 2.05) is 0 Å². The third-order valence-corrected chi connectivity index (χ3v) is 1.93. The molecule has 1 heterocycles. The number of rotatable bonds is 3. The van der Waals surface area contributed by atoms with Crippen molar-refractivity contribution < 1.29 is 22.7 Å². The lowest BCUT2D eigenvalue weighted by molar-refractivity contribution is 0.0969. The number of benzene rings is 1. The topological polar surface area (TPSA) is 65.5 Å². The molecule has 0 saturated carbocycles. The van der Waals surface area contributed by atoms with Crippen LogP contribution >= 0.6 is 0 Å². The Balaban J connectivity index is 2.25. The van der Waals surface area contributed by atoms with E-state index < -0.39 is 17.5 Å². The van der Waals surface area contributed by atoms with Crippen LogP contribution in [0.3, 0.4) is 0 Å². The van der Waals surface area contributed by atoms with Gasteiger partial charge in [0.2, 0.25) is 0 Å². The standard InChI is InChI=1S/C11H7F2NO3/c12-6-1-2-7(13)9(5-6)17-10-4-3-8(16-10)11(14)15/h1-5H,(H2,14,15). The van der Waals surface area contributed by atoms with Gasteiger partial charge in [-0.3, -0.25) is 4.79 Å². The van der Waals surface area contributed by atoms with Gasteiger partial charge in [0.1, 0.15) is 5.82 Å². The number of ether oxygens (including phenoxy) is 1. The summed E-state index contributed by atoms with van der Waals surface area (Å²) in [6, 6.07) is 5.29. The summed E-state index contributed by atoms with van der Waals surface area (Å²) in [5.74, 6) is -2.79. The molecule has 2 aromatic rings. The molecule has 0 spiro atoms. The van der Waals surface area contributed by atoms with Crippen LogP contribution in [0.25, 0.3) is 0 Å². The molecule has 0 radical (unpaired) electrons. The molecule has 0 aliphatic heterocycles. The van der Waals surface area contributed by atoms with Gasteiger partial charge >= 0.3 is 0 Å². The maximum absolute atomic E-state index is 13.2. The summed E-state index contributed by atoms with van der Waals surface area (Å²) in [5, 5.41) is 0. The molecule has 1 aromatic heterocycles. The number of hydrogen-bond acceptors (Lipinski definition) is 3. The number of nitrogens with two attached hydrogens (primary N) is 1. The predicted octanol–water partition coefficient (Wildman–Crippen LogP) is 2.45. The second kappa shape index (κ2) is 4.25. The minimum Gasteiger partial charge on any atom is -0.423 e. The van der Waals surface area contributed by atoms with Crippen molar-refractivity contribution in [2.24, 2.45) is 5.73 Å². The minimum atomic E-state index is -0.778. The van der Waals surface area contributed by atoms with Gasteiger partial charge in [-0.15, -0.1) is 0 Å². The number of primary amides is 1. The summed E-state index contributed by atoms with van der Waals surface area (Å²) in [6.07, 6.45) is 0. The fourth-order valence-corrected chi connectivity index (χ4v) is 1.17. The molecule has 1 amide bonds. The van der Waals surface area contributed by atoms with Crippen molar-refractivity contribution in [1.29, 1.82) is 0 Å². The highest BCUT2D eigenvalue weighted by Crippen LogP contribution is 2.26. The molecule has 0 bridgehead atoms. The average Bonchev–Trinajstić information content (AvgIpc) is 2.72. The van der Waals surface area contributed by atoms with Gasteiger partial charge in [-0.25, -0.2) is 8.78 Å². The van der Waals surface area contributed by atoms with Crippen LogP contribution in [-0.2, 0) is 0 Å². The molecule has 1 aromatic carbocycles. The first-order valence-corrected chi connectivity index (χ1v) is 4.59. The van der Waals surface area contributed by atoms with Gasteiger partial charge in [-0.05, 0) is 18.2 Å². The Labute approximate surface area is 94.6 Å². The highest BCUT2D eigenvalue weighted by Gasteiger charge is 2.11. The summed E-state index contributed by atoms with van der Waals surface area (Å²) in [4.78, 5) is 10.7. The molecule has 2 N–H and O–H groups in total. The number of furan rings is 1. The quantitative estimate of drug-likeness (QED) is 0.894. The predicted molar refractivity (Wildman–Crippen MR) is 53.7 cm³/mol. The van der Waals surface area contributed by atoms with Crippen LogP contribution in [0.4, 0.5) is 8.78 Å². The number of hydrogen-bond donors (Lipinski definition) is 1. The van der Waals surface area contributed by atoms with Crippen molar-refractivity contribution in [2.45, 2.75) is 0 Å². The monoisotopic (exact) mass is 239 g/mol. The minimum absolute atomic E-state index is 0.128. The number of carbonyl (C=O) groups is 1. The Hall–Kier alpha value is -2.37. The molecule has 0 fully saturated rings. The van der Waals surface area contributed by atoms with Gasteiger partial charge in [0, 0.05) is 12.1 Å². The molecule has 0 aliphatic rings. The summed E-state index contributed by atoms with van der Waals surface area (Å²) in [6.45, 7) is 0. The zero-order chi connectivity index (χ0) is 12.4.